The van der Waals surface area contributed by atoms with Gasteiger partial charge in [-0.1, -0.05) is 24.3 Å². The van der Waals surface area contributed by atoms with Gasteiger partial charge in [0, 0.05) is 17.7 Å². The summed E-state index contributed by atoms with van der Waals surface area (Å²) in [6.07, 6.45) is -0.191. The van der Waals surface area contributed by atoms with Gasteiger partial charge < -0.3 is 16.2 Å². The van der Waals surface area contributed by atoms with Crippen molar-refractivity contribution in [3.8, 4) is 0 Å². The van der Waals surface area contributed by atoms with Crippen LogP contribution in [0.25, 0.3) is 0 Å². The molecule has 0 bridgehead atoms. The van der Waals surface area contributed by atoms with Gasteiger partial charge in [-0.3, -0.25) is 4.79 Å². The normalized spacial score (nSPS) is 20.1. The lowest BCUT2D eigenvalue weighted by Gasteiger charge is -2.18. The van der Waals surface area contributed by atoms with Gasteiger partial charge in [0.25, 0.3) is 5.91 Å². The van der Waals surface area contributed by atoms with Crippen molar-refractivity contribution in [3.05, 3.63) is 65.0 Å². The van der Waals surface area contributed by atoms with Crippen LogP contribution in [0.15, 0.2) is 42.5 Å². The Bertz CT molecular complexity index is 682. The van der Waals surface area contributed by atoms with Gasteiger partial charge in [0.15, 0.2) is 0 Å². The fraction of sp³-hybridized carbons (Fsp3) is 0.188. The summed E-state index contributed by atoms with van der Waals surface area (Å²) in [5.41, 5.74) is 7.77. The van der Waals surface area contributed by atoms with Crippen LogP contribution in [0, 0.1) is 5.82 Å². The van der Waals surface area contributed by atoms with Crippen molar-refractivity contribution in [1.29, 1.82) is 0 Å². The number of nitrogen functional groups attached to an aromatic ring is 1. The number of hydrogen-bond donors (Lipinski definition) is 3. The number of rotatable bonds is 2. The van der Waals surface area contributed by atoms with Crippen LogP contribution in [0.4, 0.5) is 10.1 Å². The Morgan fingerprint density at radius 2 is 2.05 bits per heavy atom. The number of aliphatic hydroxyl groups excluding tert-OH is 1. The molecule has 0 aromatic heterocycles. The molecule has 4 N–H and O–H groups in total. The Morgan fingerprint density at radius 1 is 1.29 bits per heavy atom. The fourth-order valence-electron chi connectivity index (χ4n) is 2.72. The van der Waals surface area contributed by atoms with Gasteiger partial charge in [-0.15, -0.1) is 0 Å². The molecule has 1 amide bonds. The Kier molecular flexibility index (Phi) is 3.35. The molecule has 0 heterocycles. The second-order valence-electron chi connectivity index (χ2n) is 5.19. The first-order valence-corrected chi connectivity index (χ1v) is 6.67. The topological polar surface area (TPSA) is 75.4 Å². The predicted octanol–water partition coefficient (Wildman–Crippen LogP) is 1.80. The van der Waals surface area contributed by atoms with Crippen molar-refractivity contribution >= 4 is 11.6 Å². The molecule has 0 unspecified atom stereocenters. The number of halogens is 1. The minimum atomic E-state index is -0.683. The van der Waals surface area contributed by atoms with Gasteiger partial charge in [-0.05, 0) is 29.3 Å². The molecule has 21 heavy (non-hydrogen) atoms. The highest BCUT2D eigenvalue weighted by molar-refractivity contribution is 5.95. The summed E-state index contributed by atoms with van der Waals surface area (Å²) >= 11 is 0. The minimum absolute atomic E-state index is 0.143. The largest absolute Gasteiger partial charge is 0.399 e. The van der Waals surface area contributed by atoms with Gasteiger partial charge in [-0.25, -0.2) is 4.39 Å². The second kappa shape index (κ2) is 5.18. The van der Waals surface area contributed by atoms with E-state index >= 15 is 0 Å². The number of carbonyl (C=O) groups is 1. The second-order valence-corrected chi connectivity index (χ2v) is 5.19. The van der Waals surface area contributed by atoms with Gasteiger partial charge in [0.05, 0.1) is 12.1 Å². The highest BCUT2D eigenvalue weighted by atomic mass is 19.1. The third-order valence-corrected chi connectivity index (χ3v) is 3.67. The van der Waals surface area contributed by atoms with E-state index in [2.05, 4.69) is 5.32 Å². The number of fused-ring (bicyclic) bond motifs is 1. The standard InChI is InChI=1S/C16H15FN2O2/c17-11-5-10(6-12(18)8-11)16(21)19-15-13-4-2-1-3-9(13)7-14(15)20/h1-6,8,14-15,20H,7,18H2,(H,19,21)/t14-,15+/m0/s1. The maximum Gasteiger partial charge on any atom is 0.252 e. The highest BCUT2D eigenvalue weighted by Crippen LogP contribution is 2.31. The third kappa shape index (κ3) is 2.60. The summed E-state index contributed by atoms with van der Waals surface area (Å²) in [6.45, 7) is 0. The van der Waals surface area contributed by atoms with E-state index in [1.165, 1.54) is 6.07 Å². The van der Waals surface area contributed by atoms with E-state index < -0.39 is 23.9 Å². The zero-order chi connectivity index (χ0) is 15.0. The molecule has 2 aromatic carbocycles. The van der Waals surface area contributed by atoms with Crippen LogP contribution in [-0.4, -0.2) is 17.1 Å². The van der Waals surface area contributed by atoms with Crippen LogP contribution in [0.2, 0.25) is 0 Å². The molecule has 108 valence electrons. The first-order valence-electron chi connectivity index (χ1n) is 6.67. The molecule has 0 fully saturated rings. The Balaban J connectivity index is 1.85. The highest BCUT2D eigenvalue weighted by Gasteiger charge is 2.32. The molecule has 2 aromatic rings. The SMILES string of the molecule is Nc1cc(F)cc(C(=O)N[C@@H]2c3ccccc3C[C@@H]2O)c1. The van der Waals surface area contributed by atoms with Crippen LogP contribution in [0.5, 0.6) is 0 Å². The lowest BCUT2D eigenvalue weighted by molar-refractivity contribution is 0.0858. The van der Waals surface area contributed by atoms with E-state index in [9.17, 15) is 14.3 Å². The zero-order valence-electron chi connectivity index (χ0n) is 11.2. The molecular weight excluding hydrogens is 271 g/mol. The number of carbonyl (C=O) groups excluding carboxylic acids is 1. The van der Waals surface area contributed by atoms with Gasteiger partial charge in [-0.2, -0.15) is 0 Å². The maximum atomic E-state index is 13.3. The molecule has 5 heteroatoms. The Morgan fingerprint density at radius 3 is 2.81 bits per heavy atom. The zero-order valence-corrected chi connectivity index (χ0v) is 11.2. The van der Waals surface area contributed by atoms with E-state index in [1.54, 1.807) is 0 Å². The predicted molar refractivity (Wildman–Crippen MR) is 77.2 cm³/mol. The van der Waals surface area contributed by atoms with Crippen LogP contribution >= 0.6 is 0 Å². The number of amides is 1. The number of anilines is 1. The van der Waals surface area contributed by atoms with Gasteiger partial charge >= 0.3 is 0 Å². The van der Waals surface area contributed by atoms with Crippen LogP contribution in [-0.2, 0) is 6.42 Å². The van der Waals surface area contributed by atoms with Crippen molar-refractivity contribution in [2.24, 2.45) is 0 Å². The van der Waals surface area contributed by atoms with E-state index in [4.69, 9.17) is 5.73 Å². The van der Waals surface area contributed by atoms with Crippen molar-refractivity contribution < 1.29 is 14.3 Å². The molecule has 4 nitrogen and oxygen atoms in total. The molecular formula is C16H15FN2O2. The number of hydrogen-bond acceptors (Lipinski definition) is 3. The van der Waals surface area contributed by atoms with Crippen molar-refractivity contribution in [1.82, 2.24) is 5.32 Å². The molecule has 0 spiro atoms. The molecule has 0 radical (unpaired) electrons. The maximum absolute atomic E-state index is 13.3. The summed E-state index contributed by atoms with van der Waals surface area (Å²) in [5, 5.41) is 12.8. The summed E-state index contributed by atoms with van der Waals surface area (Å²) in [6, 6.07) is 10.7. The summed E-state index contributed by atoms with van der Waals surface area (Å²) in [7, 11) is 0. The number of nitrogens with one attached hydrogen (secondary N) is 1. The smallest absolute Gasteiger partial charge is 0.252 e. The summed E-state index contributed by atoms with van der Waals surface area (Å²) < 4.78 is 13.3. The average molecular weight is 286 g/mol. The molecule has 0 saturated carbocycles. The van der Waals surface area contributed by atoms with E-state index in [0.29, 0.717) is 6.42 Å². The fourth-order valence-corrected chi connectivity index (χ4v) is 2.72. The Labute approximate surface area is 121 Å². The minimum Gasteiger partial charge on any atom is -0.399 e. The third-order valence-electron chi connectivity index (χ3n) is 3.67. The molecule has 1 aliphatic carbocycles. The molecule has 2 atom stereocenters. The molecule has 0 saturated heterocycles. The van der Waals surface area contributed by atoms with Crippen molar-refractivity contribution in [3.63, 3.8) is 0 Å². The number of aliphatic hydroxyl groups is 1. The first-order chi connectivity index (χ1) is 10.0. The molecule has 3 rings (SSSR count). The molecule has 1 aliphatic rings. The monoisotopic (exact) mass is 286 g/mol. The molecule has 0 aliphatic heterocycles. The van der Waals surface area contributed by atoms with Gasteiger partial charge in [0.2, 0.25) is 0 Å². The van der Waals surface area contributed by atoms with E-state index in [-0.39, 0.29) is 11.3 Å². The van der Waals surface area contributed by atoms with Crippen molar-refractivity contribution in [2.45, 2.75) is 18.6 Å². The van der Waals surface area contributed by atoms with Crippen molar-refractivity contribution in [2.75, 3.05) is 5.73 Å². The van der Waals surface area contributed by atoms with Gasteiger partial charge in [0.1, 0.15) is 5.82 Å². The quantitative estimate of drug-likeness (QED) is 0.737. The van der Waals surface area contributed by atoms with Crippen LogP contribution < -0.4 is 11.1 Å². The van der Waals surface area contributed by atoms with Crippen LogP contribution in [0.3, 0.4) is 0 Å². The van der Waals surface area contributed by atoms with E-state index in [0.717, 1.165) is 23.3 Å². The lowest BCUT2D eigenvalue weighted by atomic mass is 10.1. The number of nitrogens with two attached hydrogens (primary N) is 1. The summed E-state index contributed by atoms with van der Waals surface area (Å²) in [5.74, 6) is -1.02. The average Bonchev–Trinajstić information content (AvgIpc) is 2.74. The Hall–Kier alpha value is -2.40. The van der Waals surface area contributed by atoms with E-state index in [1.807, 2.05) is 24.3 Å². The van der Waals surface area contributed by atoms with Crippen LogP contribution in [0.1, 0.15) is 27.5 Å². The summed E-state index contributed by atoms with van der Waals surface area (Å²) in [4.78, 5) is 12.2. The first kappa shape index (κ1) is 13.6. The lowest BCUT2D eigenvalue weighted by Crippen LogP contribution is -2.33. The number of benzene rings is 2.